The van der Waals surface area contributed by atoms with Gasteiger partial charge in [0.1, 0.15) is 5.75 Å². The van der Waals surface area contributed by atoms with E-state index in [4.69, 9.17) is 16.3 Å². The van der Waals surface area contributed by atoms with E-state index in [1.54, 1.807) is 42.5 Å². The fourth-order valence-corrected chi connectivity index (χ4v) is 2.37. The van der Waals surface area contributed by atoms with Crippen LogP contribution in [0.15, 0.2) is 48.5 Å². The Morgan fingerprint density at radius 3 is 2.65 bits per heavy atom. The zero-order valence-electron chi connectivity index (χ0n) is 14.9. The summed E-state index contributed by atoms with van der Waals surface area (Å²) in [5, 5.41) is 6.25. The molecule has 2 amide bonds. The quantitative estimate of drug-likeness (QED) is 0.742. The van der Waals surface area contributed by atoms with Crippen LogP contribution in [0.3, 0.4) is 0 Å². The second kappa shape index (κ2) is 9.82. The van der Waals surface area contributed by atoms with E-state index in [9.17, 15) is 9.59 Å². The lowest BCUT2D eigenvalue weighted by Crippen LogP contribution is -2.32. The van der Waals surface area contributed by atoms with Crippen LogP contribution >= 0.6 is 11.6 Å². The summed E-state index contributed by atoms with van der Waals surface area (Å²) >= 11 is 5.87. The first-order valence-electron chi connectivity index (χ1n) is 8.52. The third kappa shape index (κ3) is 6.41. The van der Waals surface area contributed by atoms with E-state index in [2.05, 4.69) is 10.6 Å². The number of rotatable bonds is 8. The molecule has 2 rings (SSSR count). The number of hydrogen-bond donors (Lipinski definition) is 2. The Kier molecular flexibility index (Phi) is 7.48. The second-order valence-electron chi connectivity index (χ2n) is 6.01. The van der Waals surface area contributed by atoms with Gasteiger partial charge in [0.25, 0.3) is 11.8 Å². The van der Waals surface area contributed by atoms with E-state index in [-0.39, 0.29) is 24.5 Å². The van der Waals surface area contributed by atoms with Crippen LogP contribution < -0.4 is 15.4 Å². The second-order valence-corrected chi connectivity index (χ2v) is 6.44. The van der Waals surface area contributed by atoms with Gasteiger partial charge < -0.3 is 15.4 Å². The SMILES string of the molecule is CCC(C)NC(=O)c1cccc(CNC(=O)COc2cccc(Cl)c2)c1. The van der Waals surface area contributed by atoms with Crippen molar-refractivity contribution in [2.24, 2.45) is 0 Å². The topological polar surface area (TPSA) is 67.4 Å². The van der Waals surface area contributed by atoms with Crippen molar-refractivity contribution in [1.29, 1.82) is 0 Å². The summed E-state index contributed by atoms with van der Waals surface area (Å²) in [6, 6.07) is 14.2. The lowest BCUT2D eigenvalue weighted by molar-refractivity contribution is -0.123. The molecule has 138 valence electrons. The number of carbonyl (C=O) groups is 2. The van der Waals surface area contributed by atoms with E-state index in [1.165, 1.54) is 0 Å². The molecule has 0 saturated carbocycles. The van der Waals surface area contributed by atoms with Crippen LogP contribution in [0.5, 0.6) is 5.75 Å². The van der Waals surface area contributed by atoms with Crippen LogP contribution in [-0.4, -0.2) is 24.5 Å². The van der Waals surface area contributed by atoms with Crippen LogP contribution in [0.1, 0.15) is 36.2 Å². The van der Waals surface area contributed by atoms with Gasteiger partial charge >= 0.3 is 0 Å². The van der Waals surface area contributed by atoms with Gasteiger partial charge in [-0.2, -0.15) is 0 Å². The Hall–Kier alpha value is -2.53. The van der Waals surface area contributed by atoms with Gasteiger partial charge in [0.2, 0.25) is 0 Å². The zero-order chi connectivity index (χ0) is 18.9. The third-order valence-corrected chi connectivity index (χ3v) is 4.07. The smallest absolute Gasteiger partial charge is 0.258 e. The van der Waals surface area contributed by atoms with Crippen molar-refractivity contribution in [2.45, 2.75) is 32.9 Å². The van der Waals surface area contributed by atoms with Gasteiger partial charge in [-0.15, -0.1) is 0 Å². The van der Waals surface area contributed by atoms with Crippen molar-refractivity contribution in [3.8, 4) is 5.75 Å². The van der Waals surface area contributed by atoms with E-state index in [1.807, 2.05) is 19.9 Å². The van der Waals surface area contributed by atoms with E-state index >= 15 is 0 Å². The molecule has 2 aromatic carbocycles. The number of hydrogen-bond acceptors (Lipinski definition) is 3. The lowest BCUT2D eigenvalue weighted by Gasteiger charge is -2.12. The molecular formula is C20H23ClN2O3. The molecule has 0 radical (unpaired) electrons. The first-order chi connectivity index (χ1) is 12.5. The lowest BCUT2D eigenvalue weighted by atomic mass is 10.1. The van der Waals surface area contributed by atoms with Gasteiger partial charge in [0, 0.05) is 23.2 Å². The molecular weight excluding hydrogens is 352 g/mol. The minimum absolute atomic E-state index is 0.103. The fraction of sp³-hybridized carbons (Fsp3) is 0.300. The van der Waals surface area contributed by atoms with Gasteiger partial charge in [-0.05, 0) is 49.2 Å². The summed E-state index contributed by atoms with van der Waals surface area (Å²) in [5.41, 5.74) is 1.42. The molecule has 0 bridgehead atoms. The van der Waals surface area contributed by atoms with Crippen molar-refractivity contribution < 1.29 is 14.3 Å². The average Bonchev–Trinajstić information content (AvgIpc) is 2.64. The minimum atomic E-state index is -0.251. The van der Waals surface area contributed by atoms with Gasteiger partial charge in [0.05, 0.1) is 0 Å². The minimum Gasteiger partial charge on any atom is -0.484 e. The highest BCUT2D eigenvalue weighted by atomic mass is 35.5. The first kappa shape index (κ1) is 19.8. The number of benzene rings is 2. The van der Waals surface area contributed by atoms with Crippen molar-refractivity contribution in [2.75, 3.05) is 6.61 Å². The number of halogens is 1. The molecule has 1 atom stereocenters. The van der Waals surface area contributed by atoms with E-state index < -0.39 is 0 Å². The molecule has 0 aliphatic carbocycles. The molecule has 0 heterocycles. The Balaban J connectivity index is 1.84. The highest BCUT2D eigenvalue weighted by Crippen LogP contribution is 2.16. The summed E-state index contributed by atoms with van der Waals surface area (Å²) in [6.07, 6.45) is 0.869. The molecule has 0 aliphatic heterocycles. The number of carbonyl (C=O) groups excluding carboxylic acids is 2. The predicted molar refractivity (Wildman–Crippen MR) is 102 cm³/mol. The first-order valence-corrected chi connectivity index (χ1v) is 8.90. The highest BCUT2D eigenvalue weighted by molar-refractivity contribution is 6.30. The molecule has 0 aliphatic rings. The Labute approximate surface area is 158 Å². The van der Waals surface area contributed by atoms with Gasteiger partial charge in [-0.25, -0.2) is 0 Å². The highest BCUT2D eigenvalue weighted by Gasteiger charge is 2.09. The maximum Gasteiger partial charge on any atom is 0.258 e. The molecule has 0 fully saturated rings. The standard InChI is InChI=1S/C20H23ClN2O3/c1-3-14(2)23-20(25)16-7-4-6-15(10-16)12-22-19(24)13-26-18-9-5-8-17(21)11-18/h4-11,14H,3,12-13H2,1-2H3,(H,22,24)(H,23,25). The van der Waals surface area contributed by atoms with Crippen molar-refractivity contribution >= 4 is 23.4 Å². The van der Waals surface area contributed by atoms with Crippen LogP contribution in [-0.2, 0) is 11.3 Å². The Morgan fingerprint density at radius 2 is 1.92 bits per heavy atom. The van der Waals surface area contributed by atoms with Crippen molar-refractivity contribution in [3.63, 3.8) is 0 Å². The number of nitrogens with one attached hydrogen (secondary N) is 2. The van der Waals surface area contributed by atoms with Crippen LogP contribution in [0.2, 0.25) is 5.02 Å². The van der Waals surface area contributed by atoms with Crippen molar-refractivity contribution in [1.82, 2.24) is 10.6 Å². The molecule has 2 N–H and O–H groups in total. The van der Waals surface area contributed by atoms with Gasteiger partial charge in [0.15, 0.2) is 6.61 Å². The number of amides is 2. The van der Waals surface area contributed by atoms with Crippen LogP contribution in [0, 0.1) is 0 Å². The zero-order valence-corrected chi connectivity index (χ0v) is 15.7. The summed E-state index contributed by atoms with van der Waals surface area (Å²) < 4.78 is 5.39. The average molecular weight is 375 g/mol. The summed E-state index contributed by atoms with van der Waals surface area (Å²) in [7, 11) is 0. The number of ether oxygens (including phenoxy) is 1. The predicted octanol–water partition coefficient (Wildman–Crippen LogP) is 3.56. The van der Waals surface area contributed by atoms with Gasteiger partial charge in [-0.3, -0.25) is 9.59 Å². The van der Waals surface area contributed by atoms with E-state index in [0.717, 1.165) is 12.0 Å². The maximum atomic E-state index is 12.2. The molecule has 0 saturated heterocycles. The summed E-state index contributed by atoms with van der Waals surface area (Å²) in [5.74, 6) is 0.174. The molecule has 26 heavy (non-hydrogen) atoms. The van der Waals surface area contributed by atoms with Crippen LogP contribution in [0.25, 0.3) is 0 Å². The molecule has 0 spiro atoms. The normalized spacial score (nSPS) is 11.5. The van der Waals surface area contributed by atoms with E-state index in [0.29, 0.717) is 22.9 Å². The third-order valence-electron chi connectivity index (χ3n) is 3.83. The molecule has 1 unspecified atom stereocenters. The fourth-order valence-electron chi connectivity index (χ4n) is 2.19. The van der Waals surface area contributed by atoms with Gasteiger partial charge in [-0.1, -0.05) is 36.7 Å². The maximum absolute atomic E-state index is 12.2. The Morgan fingerprint density at radius 1 is 1.15 bits per heavy atom. The molecule has 5 nitrogen and oxygen atoms in total. The van der Waals surface area contributed by atoms with Crippen molar-refractivity contribution in [3.05, 3.63) is 64.7 Å². The largest absolute Gasteiger partial charge is 0.484 e. The molecule has 2 aromatic rings. The summed E-state index contributed by atoms with van der Waals surface area (Å²) in [4.78, 5) is 24.1. The molecule has 0 aromatic heterocycles. The van der Waals surface area contributed by atoms with Crippen LogP contribution in [0.4, 0.5) is 0 Å². The monoisotopic (exact) mass is 374 g/mol. The molecule has 6 heteroatoms. The Bertz CT molecular complexity index is 764. The summed E-state index contributed by atoms with van der Waals surface area (Å²) in [6.45, 7) is 4.20.